The quantitative estimate of drug-likeness (QED) is 0.716. The molecule has 0 aromatic heterocycles. The maximum atomic E-state index is 9.86. The first kappa shape index (κ1) is 11.7. The van der Waals surface area contributed by atoms with Crippen molar-refractivity contribution < 1.29 is 9.84 Å². The SMILES string of the molecule is O[C@@H]1CC[C@@]23CCC[C@@H]([C@@H]4CCCCN4C2)[C@@H]3O1. The summed E-state index contributed by atoms with van der Waals surface area (Å²) in [6.45, 7) is 2.55. The molecule has 4 fully saturated rings. The Balaban J connectivity index is 1.67. The number of aliphatic hydroxyl groups excluding tert-OH is 1. The van der Waals surface area contributed by atoms with E-state index in [9.17, 15) is 5.11 Å². The third-order valence-electron chi connectivity index (χ3n) is 6.07. The van der Waals surface area contributed by atoms with E-state index in [2.05, 4.69) is 4.90 Å². The first-order valence-electron chi connectivity index (χ1n) is 7.86. The zero-order valence-electron chi connectivity index (χ0n) is 11.2. The fraction of sp³-hybridized carbons (Fsp3) is 1.00. The van der Waals surface area contributed by atoms with Crippen LogP contribution in [-0.2, 0) is 4.74 Å². The van der Waals surface area contributed by atoms with Crippen molar-refractivity contribution in [3.8, 4) is 0 Å². The van der Waals surface area contributed by atoms with Crippen LogP contribution in [0.2, 0.25) is 0 Å². The molecule has 18 heavy (non-hydrogen) atoms. The number of ether oxygens (including phenoxy) is 1. The second-order valence-corrected chi connectivity index (χ2v) is 7.00. The van der Waals surface area contributed by atoms with Gasteiger partial charge in [-0.15, -0.1) is 0 Å². The van der Waals surface area contributed by atoms with E-state index in [1.807, 2.05) is 0 Å². The highest BCUT2D eigenvalue weighted by molar-refractivity contribution is 5.07. The van der Waals surface area contributed by atoms with E-state index in [4.69, 9.17) is 4.74 Å². The van der Waals surface area contributed by atoms with Gasteiger partial charge in [0.25, 0.3) is 0 Å². The minimum Gasteiger partial charge on any atom is -0.368 e. The molecule has 4 rings (SSSR count). The van der Waals surface area contributed by atoms with E-state index < -0.39 is 6.29 Å². The maximum absolute atomic E-state index is 9.86. The third kappa shape index (κ3) is 1.60. The van der Waals surface area contributed by atoms with E-state index >= 15 is 0 Å². The molecule has 5 atom stereocenters. The number of rotatable bonds is 0. The molecule has 0 aromatic carbocycles. The molecular weight excluding hydrogens is 226 g/mol. The molecule has 3 saturated heterocycles. The van der Waals surface area contributed by atoms with Crippen LogP contribution in [0.25, 0.3) is 0 Å². The van der Waals surface area contributed by atoms with Gasteiger partial charge in [0.15, 0.2) is 6.29 Å². The van der Waals surface area contributed by atoms with Crippen LogP contribution in [0, 0.1) is 11.3 Å². The van der Waals surface area contributed by atoms with Gasteiger partial charge in [-0.1, -0.05) is 12.8 Å². The minimum absolute atomic E-state index is 0.356. The number of hydrogen-bond donors (Lipinski definition) is 1. The van der Waals surface area contributed by atoms with Gasteiger partial charge >= 0.3 is 0 Å². The van der Waals surface area contributed by atoms with Crippen LogP contribution >= 0.6 is 0 Å². The van der Waals surface area contributed by atoms with Crippen molar-refractivity contribution in [2.45, 2.75) is 69.8 Å². The van der Waals surface area contributed by atoms with Crippen molar-refractivity contribution in [1.82, 2.24) is 4.90 Å². The summed E-state index contributed by atoms with van der Waals surface area (Å²) < 4.78 is 6.03. The number of aliphatic hydroxyl groups is 1. The van der Waals surface area contributed by atoms with E-state index in [1.54, 1.807) is 0 Å². The number of fused-ring (bicyclic) bond motifs is 2. The highest BCUT2D eigenvalue weighted by atomic mass is 16.6. The van der Waals surface area contributed by atoms with Crippen molar-refractivity contribution in [3.05, 3.63) is 0 Å². The average molecular weight is 251 g/mol. The van der Waals surface area contributed by atoms with Crippen LogP contribution in [0.15, 0.2) is 0 Å². The summed E-state index contributed by atoms with van der Waals surface area (Å²) in [4.78, 5) is 2.77. The van der Waals surface area contributed by atoms with Gasteiger partial charge in [-0.05, 0) is 45.1 Å². The largest absolute Gasteiger partial charge is 0.368 e. The predicted octanol–water partition coefficient (Wildman–Crippen LogP) is 2.14. The first-order valence-corrected chi connectivity index (χ1v) is 7.86. The van der Waals surface area contributed by atoms with Crippen molar-refractivity contribution in [2.24, 2.45) is 11.3 Å². The van der Waals surface area contributed by atoms with Gasteiger partial charge < -0.3 is 9.84 Å². The Hall–Kier alpha value is -0.120. The van der Waals surface area contributed by atoms with Crippen LogP contribution in [0.1, 0.15) is 51.4 Å². The van der Waals surface area contributed by atoms with E-state index in [0.29, 0.717) is 17.4 Å². The summed E-state index contributed by atoms with van der Waals surface area (Å²) in [5, 5.41) is 9.86. The number of hydrogen-bond acceptors (Lipinski definition) is 3. The average Bonchev–Trinajstić information content (AvgIpc) is 2.38. The zero-order chi connectivity index (χ0) is 12.2. The molecule has 1 N–H and O–H groups in total. The topological polar surface area (TPSA) is 32.7 Å². The molecule has 3 heterocycles. The van der Waals surface area contributed by atoms with Crippen LogP contribution < -0.4 is 0 Å². The van der Waals surface area contributed by atoms with Crippen LogP contribution in [0.3, 0.4) is 0 Å². The molecule has 3 heteroatoms. The first-order chi connectivity index (χ1) is 8.78. The van der Waals surface area contributed by atoms with Crippen LogP contribution in [0.5, 0.6) is 0 Å². The lowest BCUT2D eigenvalue weighted by molar-refractivity contribution is -0.269. The molecule has 3 nitrogen and oxygen atoms in total. The summed E-state index contributed by atoms with van der Waals surface area (Å²) in [6, 6.07) is 0.752. The second kappa shape index (κ2) is 4.19. The molecule has 4 aliphatic rings. The van der Waals surface area contributed by atoms with E-state index in [0.717, 1.165) is 12.5 Å². The zero-order valence-corrected chi connectivity index (χ0v) is 11.2. The van der Waals surface area contributed by atoms with Gasteiger partial charge in [-0.2, -0.15) is 0 Å². The van der Waals surface area contributed by atoms with Gasteiger partial charge in [0.1, 0.15) is 0 Å². The lowest BCUT2D eigenvalue weighted by Crippen LogP contribution is -2.66. The molecule has 0 unspecified atom stereocenters. The Kier molecular flexibility index (Phi) is 2.72. The monoisotopic (exact) mass is 251 g/mol. The molecule has 102 valence electrons. The Morgan fingerprint density at radius 3 is 2.94 bits per heavy atom. The molecule has 3 aliphatic heterocycles. The summed E-state index contributed by atoms with van der Waals surface area (Å²) in [6.07, 6.45) is 10.0. The molecule has 0 spiro atoms. The fourth-order valence-electron chi connectivity index (χ4n) is 5.34. The highest BCUT2D eigenvalue weighted by Gasteiger charge is 2.57. The molecular formula is C15H25NO2. The molecule has 2 bridgehead atoms. The van der Waals surface area contributed by atoms with E-state index in [1.165, 1.54) is 58.0 Å². The van der Waals surface area contributed by atoms with Gasteiger partial charge in [-0.25, -0.2) is 0 Å². The highest BCUT2D eigenvalue weighted by Crippen LogP contribution is 2.54. The van der Waals surface area contributed by atoms with Gasteiger partial charge in [0.05, 0.1) is 6.10 Å². The van der Waals surface area contributed by atoms with Crippen LogP contribution in [-0.4, -0.2) is 41.5 Å². The molecule has 1 aliphatic carbocycles. The molecule has 0 aromatic rings. The molecule has 0 radical (unpaired) electrons. The Morgan fingerprint density at radius 1 is 1.06 bits per heavy atom. The number of piperidine rings is 2. The molecule has 0 amide bonds. The Bertz CT molecular complexity index is 334. The predicted molar refractivity (Wildman–Crippen MR) is 69.1 cm³/mol. The Labute approximate surface area is 109 Å². The Morgan fingerprint density at radius 2 is 2.00 bits per heavy atom. The van der Waals surface area contributed by atoms with Crippen molar-refractivity contribution >= 4 is 0 Å². The minimum atomic E-state index is -0.487. The smallest absolute Gasteiger partial charge is 0.154 e. The summed E-state index contributed by atoms with van der Waals surface area (Å²) >= 11 is 0. The second-order valence-electron chi connectivity index (χ2n) is 7.00. The summed E-state index contributed by atoms with van der Waals surface area (Å²) in [7, 11) is 0. The van der Waals surface area contributed by atoms with Gasteiger partial charge in [-0.3, -0.25) is 4.90 Å². The lowest BCUT2D eigenvalue weighted by Gasteiger charge is -2.61. The van der Waals surface area contributed by atoms with Gasteiger partial charge in [0.2, 0.25) is 0 Å². The van der Waals surface area contributed by atoms with Crippen molar-refractivity contribution in [2.75, 3.05) is 13.1 Å². The van der Waals surface area contributed by atoms with Crippen molar-refractivity contribution in [3.63, 3.8) is 0 Å². The van der Waals surface area contributed by atoms with Crippen molar-refractivity contribution in [1.29, 1.82) is 0 Å². The lowest BCUT2D eigenvalue weighted by atomic mass is 9.58. The normalized spacial score (nSPS) is 52.5. The summed E-state index contributed by atoms with van der Waals surface area (Å²) in [5.41, 5.74) is 0.385. The van der Waals surface area contributed by atoms with Crippen LogP contribution in [0.4, 0.5) is 0 Å². The molecule has 1 saturated carbocycles. The standard InChI is InChI=1S/C15H25NO2/c17-13-6-8-15-7-3-4-11(14(15)18-13)12-5-1-2-9-16(12)10-15/h11-14,17H,1-10H2/t11-,12-,13-,14-,15-/m0/s1. The fourth-order valence-corrected chi connectivity index (χ4v) is 5.34. The summed E-state index contributed by atoms with van der Waals surface area (Å²) in [5.74, 6) is 0.697. The number of nitrogens with zero attached hydrogens (tertiary/aromatic N) is 1. The maximum Gasteiger partial charge on any atom is 0.154 e. The third-order valence-corrected chi connectivity index (χ3v) is 6.07. The van der Waals surface area contributed by atoms with Gasteiger partial charge in [0, 0.05) is 23.9 Å². The van der Waals surface area contributed by atoms with E-state index in [-0.39, 0.29) is 0 Å².